The lowest BCUT2D eigenvalue weighted by molar-refractivity contribution is 0.0608. The number of aromatic nitrogens is 2. The Kier molecular flexibility index (Phi) is 6.15. The lowest BCUT2D eigenvalue weighted by Crippen LogP contribution is -2.24. The van der Waals surface area contributed by atoms with Crippen molar-refractivity contribution < 1.29 is 13.2 Å². The SMILES string of the molecule is CCS(=O)(=O)Nc1cccc(-c2cn(CC3CCOCC3)c(C(C)(C)C)n2)c1. The molecule has 2 aromatic rings. The Morgan fingerprint density at radius 1 is 1.25 bits per heavy atom. The first-order valence-electron chi connectivity index (χ1n) is 9.94. The van der Waals surface area contributed by atoms with Crippen molar-refractivity contribution in [2.75, 3.05) is 23.7 Å². The molecule has 0 aliphatic carbocycles. The molecule has 1 aliphatic heterocycles. The number of rotatable bonds is 6. The highest BCUT2D eigenvalue weighted by atomic mass is 32.2. The van der Waals surface area contributed by atoms with Crippen LogP contribution < -0.4 is 4.72 Å². The lowest BCUT2D eigenvalue weighted by Gasteiger charge is -2.25. The molecule has 1 aromatic heterocycles. The Hall–Kier alpha value is -1.86. The number of nitrogens with one attached hydrogen (secondary N) is 1. The van der Waals surface area contributed by atoms with Crippen molar-refractivity contribution in [2.24, 2.45) is 5.92 Å². The number of sulfonamides is 1. The smallest absolute Gasteiger partial charge is 0.232 e. The zero-order valence-corrected chi connectivity index (χ0v) is 18.1. The molecule has 0 atom stereocenters. The van der Waals surface area contributed by atoms with Crippen LogP contribution in [0.3, 0.4) is 0 Å². The van der Waals surface area contributed by atoms with Crippen LogP contribution in [-0.2, 0) is 26.7 Å². The Morgan fingerprint density at radius 2 is 1.96 bits per heavy atom. The molecule has 0 saturated carbocycles. The zero-order valence-electron chi connectivity index (χ0n) is 17.2. The molecule has 3 rings (SSSR count). The van der Waals surface area contributed by atoms with Crippen molar-refractivity contribution >= 4 is 15.7 Å². The first kappa shape index (κ1) is 20.9. The summed E-state index contributed by atoms with van der Waals surface area (Å²) in [4.78, 5) is 4.93. The first-order valence-corrected chi connectivity index (χ1v) is 11.6. The average molecular weight is 406 g/mol. The minimum atomic E-state index is -3.30. The monoisotopic (exact) mass is 405 g/mol. The van der Waals surface area contributed by atoms with Gasteiger partial charge in [0.25, 0.3) is 0 Å². The van der Waals surface area contributed by atoms with Gasteiger partial charge in [-0.3, -0.25) is 4.72 Å². The number of nitrogens with zero attached hydrogens (tertiary/aromatic N) is 2. The predicted molar refractivity (Wildman–Crippen MR) is 113 cm³/mol. The number of hydrogen-bond acceptors (Lipinski definition) is 4. The summed E-state index contributed by atoms with van der Waals surface area (Å²) < 4.78 is 34.2. The van der Waals surface area contributed by atoms with Gasteiger partial charge < -0.3 is 9.30 Å². The molecule has 1 saturated heterocycles. The number of benzene rings is 1. The normalized spacial score (nSPS) is 16.3. The second kappa shape index (κ2) is 8.25. The van der Waals surface area contributed by atoms with E-state index in [1.165, 1.54) is 0 Å². The summed E-state index contributed by atoms with van der Waals surface area (Å²) in [5.74, 6) is 1.69. The van der Waals surface area contributed by atoms with E-state index in [1.54, 1.807) is 13.0 Å². The van der Waals surface area contributed by atoms with Crippen molar-refractivity contribution in [3.8, 4) is 11.3 Å². The Labute approximate surface area is 168 Å². The van der Waals surface area contributed by atoms with Crippen LogP contribution in [0.25, 0.3) is 11.3 Å². The summed E-state index contributed by atoms with van der Waals surface area (Å²) in [5, 5.41) is 0. The lowest BCUT2D eigenvalue weighted by atomic mass is 9.94. The fraction of sp³-hybridized carbons (Fsp3) is 0.571. The Morgan fingerprint density at radius 3 is 2.61 bits per heavy atom. The minimum absolute atomic E-state index is 0.0468. The maximum atomic E-state index is 11.9. The van der Waals surface area contributed by atoms with Crippen LogP contribution in [-0.4, -0.2) is 36.9 Å². The van der Waals surface area contributed by atoms with Crippen LogP contribution in [0.1, 0.15) is 46.4 Å². The average Bonchev–Trinajstić information content (AvgIpc) is 3.07. The summed E-state index contributed by atoms with van der Waals surface area (Å²) in [6.45, 7) is 10.7. The minimum Gasteiger partial charge on any atom is -0.381 e. The largest absolute Gasteiger partial charge is 0.381 e. The fourth-order valence-electron chi connectivity index (χ4n) is 3.49. The van der Waals surface area contributed by atoms with Crippen molar-refractivity contribution in [3.63, 3.8) is 0 Å². The fourth-order valence-corrected chi connectivity index (χ4v) is 4.12. The van der Waals surface area contributed by atoms with E-state index in [-0.39, 0.29) is 11.2 Å². The molecule has 1 fully saturated rings. The third kappa shape index (κ3) is 5.14. The first-order chi connectivity index (χ1) is 13.2. The van der Waals surface area contributed by atoms with Gasteiger partial charge >= 0.3 is 0 Å². The quantitative estimate of drug-likeness (QED) is 0.787. The predicted octanol–water partition coefficient (Wildman–Crippen LogP) is 4.04. The number of anilines is 1. The molecule has 0 radical (unpaired) electrons. The van der Waals surface area contributed by atoms with Crippen molar-refractivity contribution in [1.82, 2.24) is 9.55 Å². The van der Waals surface area contributed by atoms with Gasteiger partial charge in [0, 0.05) is 42.6 Å². The van der Waals surface area contributed by atoms with Crippen LogP contribution >= 0.6 is 0 Å². The molecule has 2 heterocycles. The van der Waals surface area contributed by atoms with Crippen LogP contribution in [0.2, 0.25) is 0 Å². The highest BCUT2D eigenvalue weighted by Gasteiger charge is 2.24. The van der Waals surface area contributed by atoms with Gasteiger partial charge in [-0.05, 0) is 37.8 Å². The second-order valence-corrected chi connectivity index (χ2v) is 10.5. The van der Waals surface area contributed by atoms with Gasteiger partial charge in [-0.25, -0.2) is 13.4 Å². The third-order valence-corrected chi connectivity index (χ3v) is 6.36. The molecule has 7 heteroatoms. The topological polar surface area (TPSA) is 73.2 Å². The van der Waals surface area contributed by atoms with E-state index in [2.05, 4.69) is 36.3 Å². The highest BCUT2D eigenvalue weighted by molar-refractivity contribution is 7.92. The van der Waals surface area contributed by atoms with Crippen LogP contribution in [0.5, 0.6) is 0 Å². The summed E-state index contributed by atoms with van der Waals surface area (Å²) in [5.41, 5.74) is 2.27. The van der Waals surface area contributed by atoms with Gasteiger partial charge in [0.2, 0.25) is 10.0 Å². The zero-order chi connectivity index (χ0) is 20.4. The van der Waals surface area contributed by atoms with E-state index >= 15 is 0 Å². The molecular weight excluding hydrogens is 374 g/mol. The van der Waals surface area contributed by atoms with Crippen LogP contribution in [0.15, 0.2) is 30.5 Å². The van der Waals surface area contributed by atoms with E-state index in [1.807, 2.05) is 18.2 Å². The molecule has 154 valence electrons. The van der Waals surface area contributed by atoms with E-state index in [4.69, 9.17) is 9.72 Å². The molecule has 1 aromatic carbocycles. The van der Waals surface area contributed by atoms with Crippen molar-refractivity contribution in [1.29, 1.82) is 0 Å². The van der Waals surface area contributed by atoms with E-state index < -0.39 is 10.0 Å². The van der Waals surface area contributed by atoms with Gasteiger partial charge in [0.05, 0.1) is 11.4 Å². The maximum absolute atomic E-state index is 11.9. The molecule has 0 bridgehead atoms. The van der Waals surface area contributed by atoms with Crippen molar-refractivity contribution in [2.45, 2.75) is 52.5 Å². The van der Waals surface area contributed by atoms with E-state index in [0.717, 1.165) is 49.7 Å². The molecule has 1 aliphatic rings. The standard InChI is InChI=1S/C21H31N3O3S/c1-5-28(25,26)23-18-8-6-7-17(13-18)19-15-24(20(22-19)21(2,3)4)14-16-9-11-27-12-10-16/h6-8,13,15-16,23H,5,9-12,14H2,1-4H3. The van der Waals surface area contributed by atoms with Gasteiger partial charge in [-0.15, -0.1) is 0 Å². The van der Waals surface area contributed by atoms with Crippen LogP contribution in [0, 0.1) is 5.92 Å². The summed E-state index contributed by atoms with van der Waals surface area (Å²) in [6, 6.07) is 7.44. The second-order valence-electron chi connectivity index (χ2n) is 8.49. The van der Waals surface area contributed by atoms with Gasteiger partial charge in [0.15, 0.2) is 0 Å². The van der Waals surface area contributed by atoms with Gasteiger partial charge in [0.1, 0.15) is 5.82 Å². The molecule has 0 amide bonds. The number of hydrogen-bond donors (Lipinski definition) is 1. The van der Waals surface area contributed by atoms with Gasteiger partial charge in [-0.2, -0.15) is 0 Å². The Balaban J connectivity index is 1.92. The summed E-state index contributed by atoms with van der Waals surface area (Å²) in [6.07, 6.45) is 4.25. The maximum Gasteiger partial charge on any atom is 0.232 e. The summed E-state index contributed by atoms with van der Waals surface area (Å²) >= 11 is 0. The van der Waals surface area contributed by atoms with E-state index in [0.29, 0.717) is 11.6 Å². The van der Waals surface area contributed by atoms with Gasteiger partial charge in [-0.1, -0.05) is 32.9 Å². The molecule has 0 unspecified atom stereocenters. The third-order valence-electron chi connectivity index (χ3n) is 5.05. The molecule has 6 nitrogen and oxygen atoms in total. The van der Waals surface area contributed by atoms with Crippen LogP contribution in [0.4, 0.5) is 5.69 Å². The molecule has 0 spiro atoms. The Bertz CT molecular complexity index is 907. The van der Waals surface area contributed by atoms with E-state index in [9.17, 15) is 8.42 Å². The highest BCUT2D eigenvalue weighted by Crippen LogP contribution is 2.29. The molecular formula is C21H31N3O3S. The number of ether oxygens (including phenoxy) is 1. The number of imidazole rings is 1. The van der Waals surface area contributed by atoms with Crippen molar-refractivity contribution in [3.05, 3.63) is 36.3 Å². The molecule has 1 N–H and O–H groups in total. The molecule has 28 heavy (non-hydrogen) atoms. The summed E-state index contributed by atoms with van der Waals surface area (Å²) in [7, 11) is -3.30.